The van der Waals surface area contributed by atoms with E-state index in [1.165, 1.54) is 24.6 Å². The first-order valence-electron chi connectivity index (χ1n) is 15.0. The van der Waals surface area contributed by atoms with Crippen LogP contribution < -0.4 is 10.0 Å². The largest absolute Gasteiger partial charge is 0.481 e. The third kappa shape index (κ3) is 5.66. The summed E-state index contributed by atoms with van der Waals surface area (Å²) in [5.41, 5.74) is 0.624. The molecule has 0 unspecified atom stereocenters. The lowest BCUT2D eigenvalue weighted by Gasteiger charge is -2.64. The molecule has 0 aromatic heterocycles. The fourth-order valence-corrected chi connectivity index (χ4v) is 9.61. The summed E-state index contributed by atoms with van der Waals surface area (Å²) in [6.07, 6.45) is 6.35. The van der Waals surface area contributed by atoms with E-state index in [0.29, 0.717) is 17.8 Å². The van der Waals surface area contributed by atoms with Crippen LogP contribution in [0.1, 0.15) is 64.9 Å². The zero-order chi connectivity index (χ0) is 29.9. The predicted molar refractivity (Wildman–Crippen MR) is 165 cm³/mol. The highest BCUT2D eigenvalue weighted by Crippen LogP contribution is 2.65. The molecule has 4 aliphatic carbocycles. The van der Waals surface area contributed by atoms with Crippen molar-refractivity contribution in [2.75, 3.05) is 0 Å². The topological polar surface area (TPSA) is 93.7 Å². The Kier molecular flexibility index (Phi) is 8.25. The van der Waals surface area contributed by atoms with E-state index in [2.05, 4.69) is 30.8 Å². The summed E-state index contributed by atoms with van der Waals surface area (Å²) in [5.74, 6) is 0.659. The van der Waals surface area contributed by atoms with Crippen LogP contribution in [0.25, 0.3) is 0 Å². The van der Waals surface area contributed by atoms with E-state index in [9.17, 15) is 13.2 Å². The fraction of sp³-hybridized carbons (Fsp3) is 0.581. The Morgan fingerprint density at radius 1 is 1.10 bits per heavy atom. The van der Waals surface area contributed by atoms with Gasteiger partial charge >= 0.3 is 7.12 Å². The number of sulfonamides is 1. The van der Waals surface area contributed by atoms with Gasteiger partial charge in [0.15, 0.2) is 0 Å². The van der Waals surface area contributed by atoms with Gasteiger partial charge in [0.1, 0.15) is 10.9 Å². The number of hydrogen-bond donors (Lipinski definition) is 2. The molecule has 7 nitrogen and oxygen atoms in total. The van der Waals surface area contributed by atoms with E-state index >= 15 is 0 Å². The third-order valence-corrected chi connectivity index (χ3v) is 12.7. The Hall–Kier alpha value is -1.62. The van der Waals surface area contributed by atoms with Crippen LogP contribution in [0.2, 0.25) is 10.0 Å². The molecule has 7 rings (SSSR count). The van der Waals surface area contributed by atoms with Gasteiger partial charge < -0.3 is 14.6 Å². The van der Waals surface area contributed by atoms with Crippen molar-refractivity contribution in [2.45, 2.75) is 94.3 Å². The molecule has 2 bridgehead atoms. The van der Waals surface area contributed by atoms with E-state index in [-0.39, 0.29) is 32.9 Å². The Balaban J connectivity index is 1.25. The van der Waals surface area contributed by atoms with E-state index in [4.69, 9.17) is 32.5 Å². The minimum Gasteiger partial charge on any atom is -0.404 e. The van der Waals surface area contributed by atoms with Crippen molar-refractivity contribution in [3.8, 4) is 0 Å². The maximum Gasteiger partial charge on any atom is 0.481 e. The van der Waals surface area contributed by atoms with Crippen molar-refractivity contribution in [1.29, 1.82) is 0 Å². The Morgan fingerprint density at radius 2 is 1.83 bits per heavy atom. The van der Waals surface area contributed by atoms with E-state index < -0.39 is 40.6 Å². The summed E-state index contributed by atoms with van der Waals surface area (Å²) in [7, 11) is -4.77. The van der Waals surface area contributed by atoms with Gasteiger partial charge in [0, 0.05) is 5.02 Å². The van der Waals surface area contributed by atoms with Crippen molar-refractivity contribution in [3.05, 3.63) is 64.1 Å². The molecule has 4 saturated carbocycles. The number of benzene rings is 2. The molecule has 0 radical (unpaired) electrons. The van der Waals surface area contributed by atoms with Gasteiger partial charge in [0.25, 0.3) is 0 Å². The van der Waals surface area contributed by atoms with Crippen molar-refractivity contribution >= 4 is 46.3 Å². The van der Waals surface area contributed by atoms with Gasteiger partial charge in [-0.2, -0.15) is 4.72 Å². The zero-order valence-corrected chi connectivity index (χ0v) is 26.6. The number of halogens is 2. The monoisotopic (exact) mass is 632 g/mol. The Morgan fingerprint density at radius 3 is 2.50 bits per heavy atom. The van der Waals surface area contributed by atoms with Gasteiger partial charge in [-0.3, -0.25) is 4.79 Å². The summed E-state index contributed by atoms with van der Waals surface area (Å²) in [6, 6.07) is 12.5. The van der Waals surface area contributed by atoms with Crippen LogP contribution in [0.3, 0.4) is 0 Å². The number of hydrogen-bond acceptors (Lipinski definition) is 5. The minimum absolute atomic E-state index is 0.0105. The van der Waals surface area contributed by atoms with Crippen LogP contribution in [0, 0.1) is 23.2 Å². The Labute approximate surface area is 259 Å². The van der Waals surface area contributed by atoms with Crippen molar-refractivity contribution in [1.82, 2.24) is 10.0 Å². The number of amides is 1. The van der Waals surface area contributed by atoms with Gasteiger partial charge in [0.2, 0.25) is 15.9 Å². The maximum atomic E-state index is 14.0. The lowest BCUT2D eigenvalue weighted by molar-refractivity contribution is -0.199. The van der Waals surface area contributed by atoms with Crippen LogP contribution in [-0.2, 0) is 30.5 Å². The molecule has 0 spiro atoms. The van der Waals surface area contributed by atoms with Crippen molar-refractivity contribution in [2.24, 2.45) is 23.2 Å². The molecule has 6 atom stereocenters. The van der Waals surface area contributed by atoms with Crippen LogP contribution >= 0.6 is 23.2 Å². The standard InChI is InChI=1S/C31H39BCl2N2O5S/c1-30(2)21-16-26(30)31(3)27(17-21)40-32(41-31)28(15-20-10-7-11-20)35-29(37)24(14-19-8-5-4-6-9-19)36-42(38,39)25-18-22(33)12-13-23(25)34/h4-6,8-9,12-13,18,20-21,24,26-28,36H,7,10-11,14-17H2,1-3H3,(H,35,37)/t21-,24+,26-,27-,28+,31+/m1/s1. The van der Waals surface area contributed by atoms with E-state index in [1.807, 2.05) is 30.3 Å². The molecule has 2 N–H and O–H groups in total. The summed E-state index contributed by atoms with van der Waals surface area (Å²) in [4.78, 5) is 13.9. The van der Waals surface area contributed by atoms with Gasteiger partial charge in [-0.1, -0.05) is 86.6 Å². The molecular weight excluding hydrogens is 594 g/mol. The highest BCUT2D eigenvalue weighted by Gasteiger charge is 2.68. The number of rotatable bonds is 10. The summed E-state index contributed by atoms with van der Waals surface area (Å²) in [5, 5.41) is 3.44. The maximum absolute atomic E-state index is 14.0. The SMILES string of the molecule is CC1(C)[C@@H]2C[C@H]1[C@]1(C)OB([C@H](CC3CCC3)NC(=O)[C@H](Cc3ccccc3)NS(=O)(=O)c3cc(Cl)ccc3Cl)O[C@@H]1C2. The molecule has 2 aromatic rings. The quantitative estimate of drug-likeness (QED) is 0.322. The van der Waals surface area contributed by atoms with Crippen molar-refractivity contribution in [3.63, 3.8) is 0 Å². The Bertz CT molecular complexity index is 1440. The zero-order valence-electron chi connectivity index (χ0n) is 24.3. The summed E-state index contributed by atoms with van der Waals surface area (Å²) >= 11 is 12.3. The molecule has 1 heterocycles. The lowest BCUT2D eigenvalue weighted by Crippen LogP contribution is -2.65. The van der Waals surface area contributed by atoms with Crippen LogP contribution in [0.4, 0.5) is 0 Å². The first kappa shape index (κ1) is 30.4. The molecule has 42 heavy (non-hydrogen) atoms. The second kappa shape index (κ2) is 11.4. The first-order chi connectivity index (χ1) is 19.9. The average Bonchev–Trinajstić information content (AvgIpc) is 3.28. The van der Waals surface area contributed by atoms with Crippen LogP contribution in [0.5, 0.6) is 0 Å². The molecule has 11 heteroatoms. The van der Waals surface area contributed by atoms with E-state index in [1.54, 1.807) is 0 Å². The summed E-state index contributed by atoms with van der Waals surface area (Å²) in [6.45, 7) is 6.82. The van der Waals surface area contributed by atoms with Crippen LogP contribution in [-0.4, -0.2) is 45.1 Å². The van der Waals surface area contributed by atoms with Gasteiger partial charge in [0.05, 0.1) is 22.7 Å². The predicted octanol–water partition coefficient (Wildman–Crippen LogP) is 5.83. The van der Waals surface area contributed by atoms with E-state index in [0.717, 1.165) is 37.7 Å². The molecule has 1 amide bonds. The fourth-order valence-electron chi connectivity index (χ4n) is 7.65. The van der Waals surface area contributed by atoms with Gasteiger partial charge in [-0.05, 0) is 79.5 Å². The number of carbonyl (C=O) groups excluding carboxylic acids is 1. The number of nitrogens with one attached hydrogen (secondary N) is 2. The van der Waals surface area contributed by atoms with Gasteiger partial charge in [-0.15, -0.1) is 0 Å². The lowest BCUT2D eigenvalue weighted by atomic mass is 9.43. The highest BCUT2D eigenvalue weighted by atomic mass is 35.5. The first-order valence-corrected chi connectivity index (χ1v) is 17.3. The van der Waals surface area contributed by atoms with Gasteiger partial charge in [-0.25, -0.2) is 8.42 Å². The summed E-state index contributed by atoms with van der Waals surface area (Å²) < 4.78 is 43.0. The molecule has 5 aliphatic rings. The number of carbonyl (C=O) groups is 1. The molecule has 1 saturated heterocycles. The molecular formula is C31H39BCl2N2O5S. The molecule has 226 valence electrons. The van der Waals surface area contributed by atoms with Crippen molar-refractivity contribution < 1.29 is 22.5 Å². The highest BCUT2D eigenvalue weighted by molar-refractivity contribution is 7.89. The minimum atomic E-state index is -4.18. The molecule has 2 aromatic carbocycles. The normalized spacial score (nSPS) is 29.6. The smallest absolute Gasteiger partial charge is 0.404 e. The molecule has 1 aliphatic heterocycles. The average molecular weight is 633 g/mol. The second-order valence-electron chi connectivity index (χ2n) is 13.4. The third-order valence-electron chi connectivity index (χ3n) is 10.5. The molecule has 5 fully saturated rings. The van der Waals surface area contributed by atoms with Crippen LogP contribution in [0.15, 0.2) is 53.4 Å². The second-order valence-corrected chi connectivity index (χ2v) is 15.9.